The minimum absolute atomic E-state index is 0.119. The summed E-state index contributed by atoms with van der Waals surface area (Å²) < 4.78 is 10.0. The zero-order chi connectivity index (χ0) is 16.7. The number of cyclic esters (lactones) is 2. The van der Waals surface area contributed by atoms with E-state index in [9.17, 15) is 9.59 Å². The van der Waals surface area contributed by atoms with Crippen molar-refractivity contribution >= 4 is 23.5 Å². The van der Waals surface area contributed by atoms with Gasteiger partial charge in [-0.05, 0) is 18.6 Å². The number of carbonyl (C=O) groups excluding carboxylic acids is 2. The molecule has 1 fully saturated rings. The van der Waals surface area contributed by atoms with E-state index in [1.165, 1.54) is 13.8 Å². The summed E-state index contributed by atoms with van der Waals surface area (Å²) in [5, 5.41) is 7.98. The van der Waals surface area contributed by atoms with E-state index in [0.717, 1.165) is 5.56 Å². The standard InChI is InChI=1S/C14H18N4O4/c1-7-6-8(16-17-11(7)18(4)5)10(15)9-12(19)21-14(2,3)22-13(9)20/h6H,15H2,1-5H3. The van der Waals surface area contributed by atoms with Crippen molar-refractivity contribution < 1.29 is 19.1 Å². The second-order valence-corrected chi connectivity index (χ2v) is 5.60. The lowest BCUT2D eigenvalue weighted by Gasteiger charge is -2.30. The number of carbonyl (C=O) groups is 2. The van der Waals surface area contributed by atoms with E-state index in [-0.39, 0.29) is 17.0 Å². The summed E-state index contributed by atoms with van der Waals surface area (Å²) >= 11 is 0. The fourth-order valence-corrected chi connectivity index (χ4v) is 2.05. The lowest BCUT2D eigenvalue weighted by Crippen LogP contribution is -2.42. The van der Waals surface area contributed by atoms with Crippen LogP contribution in [-0.4, -0.2) is 42.0 Å². The highest BCUT2D eigenvalue weighted by molar-refractivity contribution is 6.20. The Hall–Kier alpha value is -2.64. The van der Waals surface area contributed by atoms with Crippen LogP contribution >= 0.6 is 0 Å². The SMILES string of the molecule is Cc1cc(C(N)=C2C(=O)OC(C)(C)OC2=O)nnc1N(C)C. The second-order valence-electron chi connectivity index (χ2n) is 5.60. The van der Waals surface area contributed by atoms with E-state index < -0.39 is 17.7 Å². The molecule has 0 radical (unpaired) electrons. The van der Waals surface area contributed by atoms with Gasteiger partial charge in [-0.3, -0.25) is 0 Å². The maximum absolute atomic E-state index is 12.0. The van der Waals surface area contributed by atoms with E-state index in [2.05, 4.69) is 10.2 Å². The van der Waals surface area contributed by atoms with Crippen molar-refractivity contribution in [3.8, 4) is 0 Å². The molecule has 2 rings (SSSR count). The average Bonchev–Trinajstić information content (AvgIpc) is 2.35. The monoisotopic (exact) mass is 306 g/mol. The molecule has 1 saturated heterocycles. The zero-order valence-corrected chi connectivity index (χ0v) is 13.1. The van der Waals surface area contributed by atoms with Gasteiger partial charge in [0.2, 0.25) is 0 Å². The van der Waals surface area contributed by atoms with Gasteiger partial charge in [0.25, 0.3) is 5.79 Å². The summed E-state index contributed by atoms with van der Waals surface area (Å²) in [6, 6.07) is 1.64. The number of nitrogens with zero attached hydrogens (tertiary/aromatic N) is 3. The maximum atomic E-state index is 12.0. The number of hydrogen-bond donors (Lipinski definition) is 1. The molecule has 8 heteroatoms. The Labute approximate surface area is 127 Å². The van der Waals surface area contributed by atoms with Gasteiger partial charge in [-0.15, -0.1) is 10.2 Å². The molecule has 0 saturated carbocycles. The first kappa shape index (κ1) is 15.7. The third kappa shape index (κ3) is 2.85. The van der Waals surface area contributed by atoms with Crippen LogP contribution in [0.1, 0.15) is 25.1 Å². The zero-order valence-electron chi connectivity index (χ0n) is 13.1. The second kappa shape index (κ2) is 5.28. The smallest absolute Gasteiger partial charge is 0.351 e. The first-order valence-electron chi connectivity index (χ1n) is 6.61. The van der Waals surface area contributed by atoms with Gasteiger partial charge in [0.1, 0.15) is 5.69 Å². The molecule has 22 heavy (non-hydrogen) atoms. The van der Waals surface area contributed by atoms with Crippen molar-refractivity contribution in [2.45, 2.75) is 26.6 Å². The highest BCUT2D eigenvalue weighted by atomic mass is 16.7. The van der Waals surface area contributed by atoms with Crippen LogP contribution in [0.3, 0.4) is 0 Å². The minimum Gasteiger partial charge on any atom is -0.419 e. The lowest BCUT2D eigenvalue weighted by molar-refractivity contribution is -0.222. The van der Waals surface area contributed by atoms with E-state index in [1.807, 2.05) is 21.0 Å². The van der Waals surface area contributed by atoms with Crippen molar-refractivity contribution in [1.82, 2.24) is 10.2 Å². The van der Waals surface area contributed by atoms with Crippen LogP contribution in [0.5, 0.6) is 0 Å². The number of nitrogens with two attached hydrogens (primary N) is 1. The van der Waals surface area contributed by atoms with E-state index in [0.29, 0.717) is 5.82 Å². The number of esters is 2. The summed E-state index contributed by atoms with van der Waals surface area (Å²) in [6.45, 7) is 4.75. The Kier molecular flexibility index (Phi) is 3.78. The molecular formula is C14H18N4O4. The van der Waals surface area contributed by atoms with Gasteiger partial charge in [0, 0.05) is 27.9 Å². The molecule has 1 aromatic rings. The molecular weight excluding hydrogens is 288 g/mol. The third-order valence-electron chi connectivity index (χ3n) is 3.01. The average molecular weight is 306 g/mol. The van der Waals surface area contributed by atoms with Gasteiger partial charge >= 0.3 is 11.9 Å². The summed E-state index contributed by atoms with van der Waals surface area (Å²) in [5.41, 5.74) is 6.42. The number of aromatic nitrogens is 2. The van der Waals surface area contributed by atoms with Gasteiger partial charge in [-0.2, -0.15) is 0 Å². The molecule has 0 atom stereocenters. The lowest BCUT2D eigenvalue weighted by atomic mass is 10.1. The molecule has 0 aromatic carbocycles. The first-order chi connectivity index (χ1) is 10.1. The van der Waals surface area contributed by atoms with E-state index in [4.69, 9.17) is 15.2 Å². The number of rotatable bonds is 2. The van der Waals surface area contributed by atoms with Crippen molar-refractivity contribution in [3.05, 3.63) is 22.9 Å². The number of anilines is 1. The Morgan fingerprint density at radius 3 is 2.18 bits per heavy atom. The topological polar surface area (TPSA) is 108 Å². The largest absolute Gasteiger partial charge is 0.419 e. The number of aryl methyl sites for hydroxylation is 1. The molecule has 0 aliphatic carbocycles. The molecule has 0 spiro atoms. The molecule has 2 N–H and O–H groups in total. The first-order valence-corrected chi connectivity index (χ1v) is 6.61. The van der Waals surface area contributed by atoms with E-state index >= 15 is 0 Å². The minimum atomic E-state index is -1.31. The highest BCUT2D eigenvalue weighted by Gasteiger charge is 2.41. The molecule has 0 unspecified atom stereocenters. The fraction of sp³-hybridized carbons (Fsp3) is 0.429. The Balaban J connectivity index is 2.46. The van der Waals surface area contributed by atoms with Crippen LogP contribution in [0.15, 0.2) is 11.6 Å². The molecule has 2 heterocycles. The van der Waals surface area contributed by atoms with Crippen molar-refractivity contribution in [3.63, 3.8) is 0 Å². The maximum Gasteiger partial charge on any atom is 0.351 e. The molecule has 1 aliphatic rings. The predicted octanol–water partition coefficient (Wildman–Crippen LogP) is 0.357. The molecule has 118 valence electrons. The van der Waals surface area contributed by atoms with Crippen LogP contribution in [0.4, 0.5) is 5.82 Å². The molecule has 0 bridgehead atoms. The van der Waals surface area contributed by atoms with Crippen LogP contribution in [-0.2, 0) is 19.1 Å². The summed E-state index contributed by atoms with van der Waals surface area (Å²) in [7, 11) is 3.66. The van der Waals surface area contributed by atoms with Crippen molar-refractivity contribution in [2.75, 3.05) is 19.0 Å². The van der Waals surface area contributed by atoms with Gasteiger partial charge in [-0.1, -0.05) is 0 Å². The molecule has 8 nitrogen and oxygen atoms in total. The number of hydrogen-bond acceptors (Lipinski definition) is 8. The quantitative estimate of drug-likeness (QED) is 0.474. The van der Waals surface area contributed by atoms with Gasteiger partial charge in [0.15, 0.2) is 11.4 Å². The fourth-order valence-electron chi connectivity index (χ4n) is 2.05. The number of ether oxygens (including phenoxy) is 2. The van der Waals surface area contributed by atoms with Crippen LogP contribution in [0.25, 0.3) is 5.70 Å². The Morgan fingerprint density at radius 1 is 1.18 bits per heavy atom. The van der Waals surface area contributed by atoms with Gasteiger partial charge < -0.3 is 20.1 Å². The Bertz CT molecular complexity index is 657. The molecule has 0 amide bonds. The van der Waals surface area contributed by atoms with Crippen LogP contribution in [0, 0.1) is 6.92 Å². The van der Waals surface area contributed by atoms with Crippen LogP contribution < -0.4 is 10.6 Å². The van der Waals surface area contributed by atoms with Crippen molar-refractivity contribution in [2.24, 2.45) is 5.73 Å². The van der Waals surface area contributed by atoms with Gasteiger partial charge in [-0.25, -0.2) is 9.59 Å². The predicted molar refractivity (Wildman–Crippen MR) is 78.5 cm³/mol. The normalized spacial score (nSPS) is 16.9. The summed E-state index contributed by atoms with van der Waals surface area (Å²) in [5.74, 6) is -2.32. The van der Waals surface area contributed by atoms with E-state index in [1.54, 1.807) is 11.0 Å². The molecule has 1 aliphatic heterocycles. The van der Waals surface area contributed by atoms with Gasteiger partial charge in [0.05, 0.1) is 5.70 Å². The van der Waals surface area contributed by atoms with Crippen molar-refractivity contribution in [1.29, 1.82) is 0 Å². The summed E-state index contributed by atoms with van der Waals surface area (Å²) in [4.78, 5) is 25.7. The Morgan fingerprint density at radius 2 is 1.73 bits per heavy atom. The summed E-state index contributed by atoms with van der Waals surface area (Å²) in [6.07, 6.45) is 0. The highest BCUT2D eigenvalue weighted by Crippen LogP contribution is 2.26. The molecule has 1 aromatic heterocycles. The van der Waals surface area contributed by atoms with Crippen LogP contribution in [0.2, 0.25) is 0 Å². The third-order valence-corrected chi connectivity index (χ3v) is 3.01.